The zero-order chi connectivity index (χ0) is 14.9. The highest BCUT2D eigenvalue weighted by molar-refractivity contribution is 7.09. The van der Waals surface area contributed by atoms with Gasteiger partial charge in [0.1, 0.15) is 0 Å². The summed E-state index contributed by atoms with van der Waals surface area (Å²) < 4.78 is 0. The van der Waals surface area contributed by atoms with E-state index < -0.39 is 0 Å². The van der Waals surface area contributed by atoms with Crippen LogP contribution in [0.1, 0.15) is 37.5 Å². The van der Waals surface area contributed by atoms with Crippen LogP contribution in [0.2, 0.25) is 0 Å². The van der Waals surface area contributed by atoms with Crippen LogP contribution in [0.15, 0.2) is 17.5 Å². The molecule has 2 N–H and O–H groups in total. The Bertz CT molecular complexity index is 447. The number of nitrogens with two attached hydrogens (primary N) is 1. The van der Waals surface area contributed by atoms with Crippen molar-refractivity contribution < 1.29 is 0 Å². The lowest BCUT2D eigenvalue weighted by atomic mass is 9.81. The van der Waals surface area contributed by atoms with Gasteiger partial charge in [0.2, 0.25) is 0 Å². The lowest BCUT2D eigenvalue weighted by Crippen LogP contribution is -2.62. The summed E-state index contributed by atoms with van der Waals surface area (Å²) in [6.45, 7) is 5.69. The maximum absolute atomic E-state index is 6.28. The predicted molar refractivity (Wildman–Crippen MR) is 90.9 cm³/mol. The molecule has 0 aromatic carbocycles. The van der Waals surface area contributed by atoms with Gasteiger partial charge in [-0.15, -0.1) is 11.3 Å². The number of hydrogen-bond donors (Lipinski definition) is 1. The molecule has 3 unspecified atom stereocenters. The van der Waals surface area contributed by atoms with E-state index in [1.165, 1.54) is 43.6 Å². The minimum atomic E-state index is 0.210. The Labute approximate surface area is 133 Å². The van der Waals surface area contributed by atoms with Crippen molar-refractivity contribution in [2.75, 3.05) is 26.7 Å². The molecule has 2 saturated heterocycles. The van der Waals surface area contributed by atoms with Gasteiger partial charge in [0.05, 0.1) is 0 Å². The maximum Gasteiger partial charge on any atom is 0.0358 e. The minimum Gasteiger partial charge on any atom is -0.329 e. The summed E-state index contributed by atoms with van der Waals surface area (Å²) in [4.78, 5) is 6.77. The van der Waals surface area contributed by atoms with E-state index in [1.807, 2.05) is 11.3 Å². The first-order chi connectivity index (χ1) is 10.1. The number of piperidine rings is 1. The van der Waals surface area contributed by atoms with Gasteiger partial charge in [0.25, 0.3) is 0 Å². The van der Waals surface area contributed by atoms with Crippen molar-refractivity contribution >= 4 is 11.3 Å². The van der Waals surface area contributed by atoms with Crippen LogP contribution in [0.3, 0.4) is 0 Å². The number of rotatable bonds is 5. The van der Waals surface area contributed by atoms with Crippen molar-refractivity contribution in [3.8, 4) is 0 Å². The first-order valence-electron chi connectivity index (χ1n) is 8.34. The first-order valence-corrected chi connectivity index (χ1v) is 9.22. The number of likely N-dealkylation sites (N-methyl/N-ethyl adjacent to an activating group) is 1. The SMILES string of the molecule is CC(Cc1cccs1)N(C)C1(CN)CCN2CCCC2C1. The Morgan fingerprint density at radius 1 is 1.52 bits per heavy atom. The molecule has 1 aromatic rings. The molecule has 3 rings (SSSR count). The Morgan fingerprint density at radius 3 is 3.10 bits per heavy atom. The molecule has 4 heteroatoms. The second-order valence-electron chi connectivity index (χ2n) is 6.96. The standard InChI is InChI=1S/C17H29N3S/c1-14(11-16-6-4-10-21-16)19(2)17(13-18)7-9-20-8-3-5-15(20)12-17/h4,6,10,14-15H,3,5,7-9,11-13,18H2,1-2H3. The van der Waals surface area contributed by atoms with Gasteiger partial charge in [-0.1, -0.05) is 6.07 Å². The van der Waals surface area contributed by atoms with Crippen molar-refractivity contribution in [3.05, 3.63) is 22.4 Å². The fourth-order valence-electron chi connectivity index (χ4n) is 4.29. The van der Waals surface area contributed by atoms with Crippen LogP contribution in [0, 0.1) is 0 Å². The Kier molecular flexibility index (Phi) is 4.69. The number of thiophene rings is 1. The third-order valence-corrected chi connectivity index (χ3v) is 6.74. The zero-order valence-corrected chi connectivity index (χ0v) is 14.2. The van der Waals surface area contributed by atoms with Crippen LogP contribution in [0.5, 0.6) is 0 Å². The summed E-state index contributed by atoms with van der Waals surface area (Å²) in [6, 6.07) is 5.74. The molecule has 1 aromatic heterocycles. The average Bonchev–Trinajstić information content (AvgIpc) is 3.16. The number of fused-ring (bicyclic) bond motifs is 1. The van der Waals surface area contributed by atoms with Gasteiger partial charge in [0.15, 0.2) is 0 Å². The summed E-state index contributed by atoms with van der Waals surface area (Å²) in [5.74, 6) is 0. The summed E-state index contributed by atoms with van der Waals surface area (Å²) in [7, 11) is 2.30. The van der Waals surface area contributed by atoms with E-state index in [4.69, 9.17) is 5.73 Å². The normalized spacial score (nSPS) is 31.5. The van der Waals surface area contributed by atoms with E-state index in [1.54, 1.807) is 0 Å². The second kappa shape index (κ2) is 6.37. The lowest BCUT2D eigenvalue weighted by Gasteiger charge is -2.51. The van der Waals surface area contributed by atoms with Gasteiger partial charge >= 0.3 is 0 Å². The third-order valence-electron chi connectivity index (χ3n) is 5.85. The largest absolute Gasteiger partial charge is 0.329 e. The van der Waals surface area contributed by atoms with Crippen LogP contribution in [-0.2, 0) is 6.42 Å². The molecule has 0 bridgehead atoms. The van der Waals surface area contributed by atoms with Crippen molar-refractivity contribution in [2.45, 2.75) is 56.7 Å². The quantitative estimate of drug-likeness (QED) is 0.907. The minimum absolute atomic E-state index is 0.210. The van der Waals surface area contributed by atoms with Gasteiger partial charge in [-0.2, -0.15) is 0 Å². The average molecular weight is 308 g/mol. The lowest BCUT2D eigenvalue weighted by molar-refractivity contribution is 0.00560. The molecule has 3 nitrogen and oxygen atoms in total. The first kappa shape index (κ1) is 15.5. The highest BCUT2D eigenvalue weighted by atomic mass is 32.1. The Morgan fingerprint density at radius 2 is 2.38 bits per heavy atom. The fraction of sp³-hybridized carbons (Fsp3) is 0.765. The molecular weight excluding hydrogens is 278 g/mol. The topological polar surface area (TPSA) is 32.5 Å². The van der Waals surface area contributed by atoms with E-state index in [2.05, 4.69) is 41.3 Å². The second-order valence-corrected chi connectivity index (χ2v) is 7.99. The summed E-state index contributed by atoms with van der Waals surface area (Å²) in [5, 5.41) is 2.18. The summed E-state index contributed by atoms with van der Waals surface area (Å²) >= 11 is 1.87. The van der Waals surface area contributed by atoms with E-state index in [9.17, 15) is 0 Å². The number of nitrogens with zero attached hydrogens (tertiary/aromatic N) is 2. The zero-order valence-electron chi connectivity index (χ0n) is 13.4. The van der Waals surface area contributed by atoms with Gasteiger partial charge in [0, 0.05) is 35.6 Å². The molecule has 0 radical (unpaired) electrons. The van der Waals surface area contributed by atoms with Crippen molar-refractivity contribution in [1.82, 2.24) is 9.80 Å². The molecule has 3 atom stereocenters. The molecule has 3 heterocycles. The van der Waals surface area contributed by atoms with Crippen LogP contribution in [0.25, 0.3) is 0 Å². The van der Waals surface area contributed by atoms with Gasteiger partial charge in [-0.05, 0) is 64.1 Å². The molecule has 2 aliphatic heterocycles. The Balaban J connectivity index is 1.69. The third kappa shape index (κ3) is 3.04. The highest BCUT2D eigenvalue weighted by Gasteiger charge is 2.44. The van der Waals surface area contributed by atoms with E-state index in [0.29, 0.717) is 6.04 Å². The smallest absolute Gasteiger partial charge is 0.0358 e. The monoisotopic (exact) mass is 307 g/mol. The van der Waals surface area contributed by atoms with Crippen molar-refractivity contribution in [2.24, 2.45) is 5.73 Å². The van der Waals surface area contributed by atoms with E-state index in [-0.39, 0.29) is 5.54 Å². The highest BCUT2D eigenvalue weighted by Crippen LogP contribution is 2.37. The molecular formula is C17H29N3S. The molecule has 0 aliphatic carbocycles. The van der Waals surface area contributed by atoms with Crippen LogP contribution >= 0.6 is 11.3 Å². The summed E-state index contributed by atoms with van der Waals surface area (Å²) in [5.41, 5.74) is 6.49. The van der Waals surface area contributed by atoms with Gasteiger partial charge in [-0.25, -0.2) is 0 Å². The van der Waals surface area contributed by atoms with Gasteiger partial charge < -0.3 is 10.6 Å². The molecule has 2 fully saturated rings. The maximum atomic E-state index is 6.28. The van der Waals surface area contributed by atoms with Crippen molar-refractivity contribution in [1.29, 1.82) is 0 Å². The van der Waals surface area contributed by atoms with E-state index >= 15 is 0 Å². The predicted octanol–water partition coefficient (Wildman–Crippen LogP) is 2.57. The fourth-order valence-corrected chi connectivity index (χ4v) is 5.11. The molecule has 0 amide bonds. The van der Waals surface area contributed by atoms with Crippen molar-refractivity contribution in [3.63, 3.8) is 0 Å². The molecule has 21 heavy (non-hydrogen) atoms. The molecule has 118 valence electrons. The van der Waals surface area contributed by atoms with Crippen LogP contribution < -0.4 is 5.73 Å². The summed E-state index contributed by atoms with van der Waals surface area (Å²) in [6.07, 6.45) is 6.37. The number of hydrogen-bond acceptors (Lipinski definition) is 4. The van der Waals surface area contributed by atoms with Gasteiger partial charge in [-0.3, -0.25) is 4.90 Å². The molecule has 0 spiro atoms. The van der Waals surface area contributed by atoms with Crippen LogP contribution in [-0.4, -0.2) is 54.1 Å². The van der Waals surface area contributed by atoms with Crippen LogP contribution in [0.4, 0.5) is 0 Å². The Hall–Kier alpha value is -0.420. The molecule has 0 saturated carbocycles. The van der Waals surface area contributed by atoms with E-state index in [0.717, 1.165) is 19.0 Å². The molecule has 2 aliphatic rings.